The van der Waals surface area contributed by atoms with Crippen LogP contribution in [-0.4, -0.2) is 34.1 Å². The lowest BCUT2D eigenvalue weighted by Gasteiger charge is -2.17. The molecule has 0 bridgehead atoms. The zero-order valence-electron chi connectivity index (χ0n) is 14.2. The Bertz CT molecular complexity index is 672. The van der Waals surface area contributed by atoms with Gasteiger partial charge in [0.2, 0.25) is 5.91 Å². The number of hydrogen-bond donors (Lipinski definition) is 1. The topological polar surface area (TPSA) is 49.0 Å². The fourth-order valence-corrected chi connectivity index (χ4v) is 3.14. The van der Waals surface area contributed by atoms with Crippen molar-refractivity contribution in [3.8, 4) is 11.3 Å². The molecule has 0 spiro atoms. The first kappa shape index (κ1) is 15.8. The molecule has 4 heteroatoms. The maximum Gasteiger partial charge on any atom is 0.222 e. The maximum atomic E-state index is 12.2. The van der Waals surface area contributed by atoms with Crippen molar-refractivity contribution in [2.75, 3.05) is 13.1 Å². The number of aromatic amines is 1. The minimum atomic E-state index is 0.278. The number of aromatic nitrogens is 2. The molecule has 0 saturated carbocycles. The van der Waals surface area contributed by atoms with Crippen LogP contribution in [0.1, 0.15) is 43.9 Å². The molecule has 1 aliphatic rings. The Morgan fingerprint density at radius 1 is 1.35 bits per heavy atom. The van der Waals surface area contributed by atoms with Crippen LogP contribution in [-0.2, 0) is 4.79 Å². The van der Waals surface area contributed by atoms with E-state index in [-0.39, 0.29) is 5.91 Å². The summed E-state index contributed by atoms with van der Waals surface area (Å²) in [6.45, 7) is 7.93. The van der Waals surface area contributed by atoms with Gasteiger partial charge in [-0.25, -0.2) is 0 Å². The Labute approximate surface area is 137 Å². The van der Waals surface area contributed by atoms with Crippen LogP contribution in [0.5, 0.6) is 0 Å². The average molecular weight is 311 g/mol. The number of amides is 1. The molecule has 0 radical (unpaired) electrons. The number of rotatable bonds is 4. The van der Waals surface area contributed by atoms with Gasteiger partial charge in [0.25, 0.3) is 0 Å². The Morgan fingerprint density at radius 3 is 2.78 bits per heavy atom. The number of hydrogen-bond acceptors (Lipinski definition) is 2. The molecule has 1 aromatic carbocycles. The van der Waals surface area contributed by atoms with Gasteiger partial charge in [0.05, 0.1) is 5.69 Å². The van der Waals surface area contributed by atoms with E-state index in [1.165, 1.54) is 5.56 Å². The summed E-state index contributed by atoms with van der Waals surface area (Å²) in [6.07, 6.45) is 1.66. The van der Waals surface area contributed by atoms with E-state index < -0.39 is 0 Å². The first-order chi connectivity index (χ1) is 11.0. The molecule has 1 amide bonds. The lowest BCUT2D eigenvalue weighted by Crippen LogP contribution is -2.29. The molecule has 1 saturated heterocycles. The van der Waals surface area contributed by atoms with Gasteiger partial charge < -0.3 is 4.90 Å². The van der Waals surface area contributed by atoms with Crippen LogP contribution in [0.2, 0.25) is 0 Å². The van der Waals surface area contributed by atoms with E-state index in [4.69, 9.17) is 0 Å². The fourth-order valence-electron chi connectivity index (χ4n) is 3.14. The second-order valence-corrected chi connectivity index (χ2v) is 7.00. The highest BCUT2D eigenvalue weighted by molar-refractivity contribution is 5.76. The van der Waals surface area contributed by atoms with Gasteiger partial charge in [0.15, 0.2) is 0 Å². The predicted octanol–water partition coefficient (Wildman–Crippen LogP) is 3.75. The van der Waals surface area contributed by atoms with E-state index in [0.717, 1.165) is 36.5 Å². The van der Waals surface area contributed by atoms with Gasteiger partial charge in [-0.3, -0.25) is 9.89 Å². The summed E-state index contributed by atoms with van der Waals surface area (Å²) in [5.74, 6) is 1.07. The van der Waals surface area contributed by atoms with Crippen molar-refractivity contribution in [3.05, 3.63) is 41.6 Å². The van der Waals surface area contributed by atoms with E-state index >= 15 is 0 Å². The maximum absolute atomic E-state index is 12.2. The third kappa shape index (κ3) is 3.63. The van der Waals surface area contributed by atoms with E-state index in [1.807, 2.05) is 4.90 Å². The first-order valence-electron chi connectivity index (χ1n) is 8.43. The monoisotopic (exact) mass is 311 g/mol. The smallest absolute Gasteiger partial charge is 0.222 e. The third-order valence-corrected chi connectivity index (χ3v) is 4.51. The summed E-state index contributed by atoms with van der Waals surface area (Å²) < 4.78 is 0. The first-order valence-corrected chi connectivity index (χ1v) is 8.43. The molecular weight excluding hydrogens is 286 g/mol. The van der Waals surface area contributed by atoms with Crippen molar-refractivity contribution in [1.82, 2.24) is 15.1 Å². The quantitative estimate of drug-likeness (QED) is 0.935. The highest BCUT2D eigenvalue weighted by atomic mass is 16.2. The average Bonchev–Trinajstić information content (AvgIpc) is 3.16. The molecule has 1 fully saturated rings. The summed E-state index contributed by atoms with van der Waals surface area (Å²) in [7, 11) is 0. The highest BCUT2D eigenvalue weighted by Gasteiger charge is 2.28. The van der Waals surface area contributed by atoms with E-state index in [9.17, 15) is 4.79 Å². The number of benzene rings is 1. The van der Waals surface area contributed by atoms with Crippen molar-refractivity contribution in [1.29, 1.82) is 0 Å². The molecule has 2 aromatic rings. The van der Waals surface area contributed by atoms with Gasteiger partial charge >= 0.3 is 0 Å². The lowest BCUT2D eigenvalue weighted by atomic mass is 10.0. The van der Waals surface area contributed by atoms with Gasteiger partial charge in [-0.1, -0.05) is 43.7 Å². The van der Waals surface area contributed by atoms with Crippen LogP contribution in [0.3, 0.4) is 0 Å². The van der Waals surface area contributed by atoms with Gasteiger partial charge in [0.1, 0.15) is 0 Å². The van der Waals surface area contributed by atoms with Gasteiger partial charge in [-0.2, -0.15) is 5.10 Å². The van der Waals surface area contributed by atoms with E-state index in [2.05, 4.69) is 61.3 Å². The third-order valence-electron chi connectivity index (χ3n) is 4.51. The van der Waals surface area contributed by atoms with Crippen LogP contribution in [0, 0.1) is 12.8 Å². The minimum Gasteiger partial charge on any atom is -0.342 e. The van der Waals surface area contributed by atoms with Crippen LogP contribution in [0.4, 0.5) is 0 Å². The van der Waals surface area contributed by atoms with E-state index in [1.54, 1.807) is 0 Å². The molecule has 0 aliphatic carbocycles. The Morgan fingerprint density at radius 2 is 2.09 bits per heavy atom. The fraction of sp³-hybridized carbons (Fsp3) is 0.474. The molecule has 122 valence electrons. The number of aryl methyl sites for hydroxylation is 1. The van der Waals surface area contributed by atoms with Gasteiger partial charge in [0, 0.05) is 36.7 Å². The number of likely N-dealkylation sites (tertiary alicyclic amines) is 1. The van der Waals surface area contributed by atoms with Crippen molar-refractivity contribution in [2.24, 2.45) is 5.92 Å². The second-order valence-electron chi connectivity index (χ2n) is 7.00. The second kappa shape index (κ2) is 6.57. The van der Waals surface area contributed by atoms with E-state index in [0.29, 0.717) is 18.3 Å². The number of nitrogens with one attached hydrogen (secondary N) is 1. The molecule has 4 nitrogen and oxygen atoms in total. The molecule has 1 atom stereocenters. The summed E-state index contributed by atoms with van der Waals surface area (Å²) in [6, 6.07) is 10.5. The summed E-state index contributed by atoms with van der Waals surface area (Å²) in [4.78, 5) is 14.2. The Kier molecular flexibility index (Phi) is 4.51. The zero-order chi connectivity index (χ0) is 16.4. The van der Waals surface area contributed by atoms with Crippen molar-refractivity contribution in [2.45, 2.75) is 39.5 Å². The lowest BCUT2D eigenvalue weighted by molar-refractivity contribution is -0.130. The molecule has 1 aromatic heterocycles. The zero-order valence-corrected chi connectivity index (χ0v) is 14.2. The minimum absolute atomic E-state index is 0.278. The molecular formula is C19H25N3O. The Hall–Kier alpha value is -2.10. The highest BCUT2D eigenvalue weighted by Crippen LogP contribution is 2.29. The van der Waals surface area contributed by atoms with Crippen LogP contribution >= 0.6 is 0 Å². The Balaban J connectivity index is 1.67. The largest absolute Gasteiger partial charge is 0.342 e. The number of H-pyrrole nitrogens is 1. The predicted molar refractivity (Wildman–Crippen MR) is 92.2 cm³/mol. The van der Waals surface area contributed by atoms with Crippen molar-refractivity contribution < 1.29 is 4.79 Å². The molecule has 1 N–H and O–H groups in total. The number of nitrogens with zero attached hydrogens (tertiary/aromatic N) is 2. The molecule has 23 heavy (non-hydrogen) atoms. The summed E-state index contributed by atoms with van der Waals surface area (Å²) in [5, 5.41) is 7.62. The molecule has 1 aliphatic heterocycles. The van der Waals surface area contributed by atoms with Crippen LogP contribution in [0.15, 0.2) is 30.3 Å². The summed E-state index contributed by atoms with van der Waals surface area (Å²) in [5.41, 5.74) is 4.50. The van der Waals surface area contributed by atoms with Crippen molar-refractivity contribution in [3.63, 3.8) is 0 Å². The number of carbonyl (C=O) groups excluding carboxylic acids is 1. The summed E-state index contributed by atoms with van der Waals surface area (Å²) >= 11 is 0. The molecule has 2 heterocycles. The normalized spacial score (nSPS) is 17.9. The van der Waals surface area contributed by atoms with Crippen LogP contribution in [0.25, 0.3) is 11.3 Å². The van der Waals surface area contributed by atoms with Crippen LogP contribution < -0.4 is 0 Å². The number of carbonyl (C=O) groups is 1. The van der Waals surface area contributed by atoms with Crippen molar-refractivity contribution >= 4 is 5.91 Å². The van der Waals surface area contributed by atoms with Gasteiger partial charge in [-0.05, 0) is 25.3 Å². The molecule has 0 unspecified atom stereocenters. The SMILES string of the molecule is Cc1ccc(-c2cc([C@@H]3CCN(C(=O)CC(C)C)C3)[nH]n2)cc1. The molecule has 3 rings (SSSR count). The van der Waals surface area contributed by atoms with Gasteiger partial charge in [-0.15, -0.1) is 0 Å². The standard InChI is InChI=1S/C19H25N3O/c1-13(2)10-19(23)22-9-8-16(12-22)18-11-17(20-21-18)15-6-4-14(3)5-7-15/h4-7,11,13,16H,8-10,12H2,1-3H3,(H,20,21)/t16-/m1/s1.